The molecule has 0 bridgehead atoms. The van der Waals surface area contributed by atoms with Crippen LogP contribution in [-0.4, -0.2) is 55.5 Å². The van der Waals surface area contributed by atoms with Gasteiger partial charge in [-0.3, -0.25) is 9.69 Å². The summed E-state index contributed by atoms with van der Waals surface area (Å²) in [6.45, 7) is 6.73. The number of nitrogens with zero attached hydrogens (tertiary/aromatic N) is 2. The van der Waals surface area contributed by atoms with Crippen LogP contribution in [0.1, 0.15) is 5.56 Å². The van der Waals surface area contributed by atoms with Gasteiger partial charge in [-0.2, -0.15) is 0 Å². The Hall–Kier alpha value is -1.07. The summed E-state index contributed by atoms with van der Waals surface area (Å²) in [5, 5.41) is 0. The minimum Gasteiger partial charge on any atom is -0.468 e. The molecular weight excluding hydrogens is 320 g/mol. The van der Waals surface area contributed by atoms with E-state index in [4.69, 9.17) is 4.74 Å². The number of rotatable bonds is 4. The number of aryl methyl sites for hydroxylation is 1. The van der Waals surface area contributed by atoms with E-state index in [9.17, 15) is 4.79 Å². The number of esters is 1. The summed E-state index contributed by atoms with van der Waals surface area (Å²) in [5.41, 5.74) is 2.57. The zero-order chi connectivity index (χ0) is 14.5. The Morgan fingerprint density at radius 3 is 2.65 bits per heavy atom. The van der Waals surface area contributed by atoms with Crippen molar-refractivity contribution in [1.82, 2.24) is 4.90 Å². The van der Waals surface area contributed by atoms with Crippen LogP contribution in [0.15, 0.2) is 24.3 Å². The van der Waals surface area contributed by atoms with Gasteiger partial charge >= 0.3 is 5.97 Å². The SMILES string of the molecule is COC(=O)C(Br)CN1CCN(c2cccc(C)c2)CC1. The van der Waals surface area contributed by atoms with Gasteiger partial charge in [0, 0.05) is 38.4 Å². The fraction of sp³-hybridized carbons (Fsp3) is 0.533. The summed E-state index contributed by atoms with van der Waals surface area (Å²) < 4.78 is 4.73. The third kappa shape index (κ3) is 3.96. The second-order valence-electron chi connectivity index (χ2n) is 5.12. The van der Waals surface area contributed by atoms with Crippen molar-refractivity contribution >= 4 is 27.6 Å². The van der Waals surface area contributed by atoms with Gasteiger partial charge in [0.05, 0.1) is 7.11 Å². The Morgan fingerprint density at radius 1 is 1.35 bits per heavy atom. The third-order valence-electron chi connectivity index (χ3n) is 3.61. The molecule has 1 atom stereocenters. The maximum Gasteiger partial charge on any atom is 0.320 e. The first-order chi connectivity index (χ1) is 9.60. The van der Waals surface area contributed by atoms with Gasteiger partial charge in [0.15, 0.2) is 0 Å². The molecule has 4 nitrogen and oxygen atoms in total. The van der Waals surface area contributed by atoms with E-state index in [-0.39, 0.29) is 10.8 Å². The minimum absolute atomic E-state index is 0.203. The second-order valence-corrected chi connectivity index (χ2v) is 6.22. The molecule has 5 heteroatoms. The lowest BCUT2D eigenvalue weighted by molar-refractivity contribution is -0.140. The molecule has 0 N–H and O–H groups in total. The molecule has 1 unspecified atom stereocenters. The van der Waals surface area contributed by atoms with Gasteiger partial charge in [-0.1, -0.05) is 28.1 Å². The number of alkyl halides is 1. The van der Waals surface area contributed by atoms with Crippen LogP contribution in [0.2, 0.25) is 0 Å². The lowest BCUT2D eigenvalue weighted by atomic mass is 10.2. The largest absolute Gasteiger partial charge is 0.468 e. The quantitative estimate of drug-likeness (QED) is 0.620. The molecule has 110 valence electrons. The molecule has 1 aliphatic heterocycles. The van der Waals surface area contributed by atoms with E-state index in [0.29, 0.717) is 6.54 Å². The first-order valence-electron chi connectivity index (χ1n) is 6.86. The Bertz CT molecular complexity index is 459. The van der Waals surface area contributed by atoms with Crippen LogP contribution in [0.25, 0.3) is 0 Å². The highest BCUT2D eigenvalue weighted by Crippen LogP contribution is 2.18. The Balaban J connectivity index is 1.85. The molecule has 1 aliphatic rings. The number of methoxy groups -OCH3 is 1. The van der Waals surface area contributed by atoms with Crippen LogP contribution >= 0.6 is 15.9 Å². The van der Waals surface area contributed by atoms with Gasteiger partial charge in [0.25, 0.3) is 0 Å². The van der Waals surface area contributed by atoms with E-state index in [1.807, 2.05) is 0 Å². The summed E-state index contributed by atoms with van der Waals surface area (Å²) in [6, 6.07) is 8.59. The number of hydrogen-bond donors (Lipinski definition) is 0. The molecule has 1 aromatic rings. The Labute approximate surface area is 128 Å². The van der Waals surface area contributed by atoms with Gasteiger partial charge in [0.2, 0.25) is 0 Å². The lowest BCUT2D eigenvalue weighted by Crippen LogP contribution is -2.48. The van der Waals surface area contributed by atoms with E-state index in [1.54, 1.807) is 0 Å². The lowest BCUT2D eigenvalue weighted by Gasteiger charge is -2.36. The van der Waals surface area contributed by atoms with Crippen molar-refractivity contribution in [2.75, 3.05) is 44.7 Å². The van der Waals surface area contributed by atoms with Gasteiger partial charge in [0.1, 0.15) is 4.83 Å². The van der Waals surface area contributed by atoms with Crippen LogP contribution in [0, 0.1) is 6.92 Å². The van der Waals surface area contributed by atoms with Crippen LogP contribution < -0.4 is 4.90 Å². The van der Waals surface area contributed by atoms with Crippen LogP contribution in [0.5, 0.6) is 0 Å². The molecule has 1 saturated heterocycles. The average molecular weight is 341 g/mol. The fourth-order valence-electron chi connectivity index (χ4n) is 2.44. The summed E-state index contributed by atoms with van der Waals surface area (Å²) in [7, 11) is 1.42. The van der Waals surface area contributed by atoms with E-state index >= 15 is 0 Å². The highest BCUT2D eigenvalue weighted by molar-refractivity contribution is 9.10. The van der Waals surface area contributed by atoms with Crippen LogP contribution in [0.3, 0.4) is 0 Å². The van der Waals surface area contributed by atoms with Gasteiger partial charge in [-0.25, -0.2) is 0 Å². The molecule has 0 spiro atoms. The van der Waals surface area contributed by atoms with Gasteiger partial charge < -0.3 is 9.64 Å². The fourth-order valence-corrected chi connectivity index (χ4v) is 3.04. The molecule has 0 aliphatic carbocycles. The van der Waals surface area contributed by atoms with Crippen LogP contribution in [-0.2, 0) is 9.53 Å². The second kappa shape index (κ2) is 7.09. The smallest absolute Gasteiger partial charge is 0.320 e. The monoisotopic (exact) mass is 340 g/mol. The number of anilines is 1. The summed E-state index contributed by atoms with van der Waals surface area (Å²) in [6.07, 6.45) is 0. The van der Waals surface area contributed by atoms with Crippen molar-refractivity contribution in [1.29, 1.82) is 0 Å². The predicted octanol–water partition coefficient (Wildman–Crippen LogP) is 2.05. The number of ether oxygens (including phenoxy) is 1. The van der Waals surface area contributed by atoms with E-state index in [0.717, 1.165) is 26.2 Å². The molecule has 0 aromatic heterocycles. The minimum atomic E-state index is -0.238. The summed E-state index contributed by atoms with van der Waals surface area (Å²) in [4.78, 5) is 15.9. The maximum atomic E-state index is 11.4. The van der Waals surface area contributed by atoms with E-state index in [2.05, 4.69) is 56.9 Å². The van der Waals surface area contributed by atoms with E-state index in [1.165, 1.54) is 18.4 Å². The highest BCUT2D eigenvalue weighted by Gasteiger charge is 2.23. The maximum absolute atomic E-state index is 11.4. The molecule has 0 amide bonds. The zero-order valence-corrected chi connectivity index (χ0v) is 13.6. The number of carbonyl (C=O) groups is 1. The topological polar surface area (TPSA) is 32.8 Å². The normalized spacial score (nSPS) is 17.9. The standard InChI is InChI=1S/C15H21BrN2O2/c1-12-4-3-5-13(10-12)18-8-6-17(7-9-18)11-14(16)15(19)20-2/h3-5,10,14H,6-9,11H2,1-2H3. The molecular formula is C15H21BrN2O2. The van der Waals surface area contributed by atoms with Gasteiger partial charge in [-0.15, -0.1) is 0 Å². The Kier molecular flexibility index (Phi) is 5.43. The van der Waals surface area contributed by atoms with Crippen LogP contribution in [0.4, 0.5) is 5.69 Å². The van der Waals surface area contributed by atoms with Crippen molar-refractivity contribution < 1.29 is 9.53 Å². The molecule has 2 rings (SSSR count). The molecule has 1 aromatic carbocycles. The summed E-state index contributed by atoms with van der Waals surface area (Å²) in [5.74, 6) is -0.203. The molecule has 0 saturated carbocycles. The zero-order valence-electron chi connectivity index (χ0n) is 12.0. The molecule has 20 heavy (non-hydrogen) atoms. The molecule has 1 heterocycles. The molecule has 0 radical (unpaired) electrons. The first-order valence-corrected chi connectivity index (χ1v) is 7.77. The van der Waals surface area contributed by atoms with Crippen molar-refractivity contribution in [2.45, 2.75) is 11.8 Å². The predicted molar refractivity (Wildman–Crippen MR) is 84.6 cm³/mol. The number of carbonyl (C=O) groups excluding carboxylic acids is 1. The number of hydrogen-bond acceptors (Lipinski definition) is 4. The third-order valence-corrected chi connectivity index (χ3v) is 4.28. The number of piperazine rings is 1. The Morgan fingerprint density at radius 2 is 2.05 bits per heavy atom. The number of halogens is 1. The van der Waals surface area contributed by atoms with Crippen molar-refractivity contribution in [3.63, 3.8) is 0 Å². The van der Waals surface area contributed by atoms with E-state index < -0.39 is 0 Å². The highest BCUT2D eigenvalue weighted by atomic mass is 79.9. The summed E-state index contributed by atoms with van der Waals surface area (Å²) >= 11 is 3.38. The van der Waals surface area contributed by atoms with Crippen molar-refractivity contribution in [3.05, 3.63) is 29.8 Å². The number of benzene rings is 1. The van der Waals surface area contributed by atoms with Crippen molar-refractivity contribution in [2.24, 2.45) is 0 Å². The molecule has 1 fully saturated rings. The van der Waals surface area contributed by atoms with Gasteiger partial charge in [-0.05, 0) is 24.6 Å². The first kappa shape index (κ1) is 15.3. The average Bonchev–Trinajstić information content (AvgIpc) is 2.47. The van der Waals surface area contributed by atoms with Crippen molar-refractivity contribution in [3.8, 4) is 0 Å².